The molecule has 0 radical (unpaired) electrons. The molecule has 2 aromatic rings. The number of hydrogen-bond acceptors (Lipinski definition) is 8. The number of nitrogen functional groups attached to an aromatic ring is 1. The van der Waals surface area contributed by atoms with Crippen molar-refractivity contribution in [2.45, 2.75) is 25.7 Å². The molecule has 1 aliphatic rings. The number of benzene rings is 1. The normalized spacial score (nSPS) is 14.0. The second-order valence-electron chi connectivity index (χ2n) is 7.08. The number of nitrogens with one attached hydrogen (secondary N) is 1. The Bertz CT molecular complexity index is 836. The molecule has 1 saturated heterocycles. The van der Waals surface area contributed by atoms with E-state index in [-0.39, 0.29) is 5.92 Å². The van der Waals surface area contributed by atoms with Crippen LogP contribution in [0.4, 0.5) is 11.5 Å². The highest BCUT2D eigenvalue weighted by Crippen LogP contribution is 2.32. The number of rotatable bonds is 8. The summed E-state index contributed by atoms with van der Waals surface area (Å²) in [7, 11) is 2.69. The number of aliphatic hydroxyl groups is 1. The van der Waals surface area contributed by atoms with E-state index in [1.54, 1.807) is 7.11 Å². The second kappa shape index (κ2) is 12.0. The van der Waals surface area contributed by atoms with Crippen LogP contribution in [0.1, 0.15) is 30.5 Å². The Hall–Kier alpha value is -2.84. The number of carbonyl (C=O) groups is 1. The molecule has 0 saturated carbocycles. The van der Waals surface area contributed by atoms with Gasteiger partial charge in [-0.1, -0.05) is 12.1 Å². The number of methoxy groups -OCH3 is 1. The van der Waals surface area contributed by atoms with Crippen molar-refractivity contribution in [3.05, 3.63) is 35.7 Å². The van der Waals surface area contributed by atoms with Gasteiger partial charge in [-0.25, -0.2) is 4.98 Å². The molecule has 30 heavy (non-hydrogen) atoms. The highest BCUT2D eigenvalue weighted by atomic mass is 16.5. The number of aldehydes is 1. The Morgan fingerprint density at radius 1 is 1.33 bits per heavy atom. The minimum atomic E-state index is 0.125. The van der Waals surface area contributed by atoms with Gasteiger partial charge in [0.05, 0.1) is 5.69 Å². The first-order valence-electron chi connectivity index (χ1n) is 10.1. The number of aliphatic hydroxyl groups excluding tert-OH is 1. The van der Waals surface area contributed by atoms with Crippen LogP contribution in [-0.4, -0.2) is 61.5 Å². The van der Waals surface area contributed by atoms with Gasteiger partial charge in [-0.2, -0.15) is 0 Å². The molecule has 1 aromatic heterocycles. The quantitative estimate of drug-likeness (QED) is 0.262. The fraction of sp³-hybridized carbons (Fsp3) is 0.455. The van der Waals surface area contributed by atoms with Gasteiger partial charge in [0.1, 0.15) is 12.0 Å². The third-order valence-electron chi connectivity index (χ3n) is 5.13. The van der Waals surface area contributed by atoms with Crippen LogP contribution in [0.3, 0.4) is 0 Å². The van der Waals surface area contributed by atoms with Crippen molar-refractivity contribution >= 4 is 24.0 Å². The van der Waals surface area contributed by atoms with Crippen molar-refractivity contribution in [2.75, 3.05) is 44.5 Å². The van der Waals surface area contributed by atoms with Gasteiger partial charge in [0.25, 0.3) is 0 Å². The highest BCUT2D eigenvalue weighted by Gasteiger charge is 2.23. The lowest BCUT2D eigenvalue weighted by Crippen LogP contribution is -2.35. The topological polar surface area (TPSA) is 125 Å². The van der Waals surface area contributed by atoms with E-state index in [9.17, 15) is 4.79 Å². The zero-order valence-corrected chi connectivity index (χ0v) is 17.7. The number of carbonyl (C=O) groups excluding carboxylic acids is 1. The van der Waals surface area contributed by atoms with Crippen LogP contribution in [0.15, 0.2) is 24.4 Å². The summed E-state index contributed by atoms with van der Waals surface area (Å²) in [6.45, 7) is 2.24. The lowest BCUT2D eigenvalue weighted by atomic mass is 9.98. The molecule has 0 unspecified atom stereocenters. The first-order valence-corrected chi connectivity index (χ1v) is 10.1. The molecular weight excluding hydrogens is 382 g/mol. The molecule has 1 aliphatic heterocycles. The van der Waals surface area contributed by atoms with E-state index < -0.39 is 0 Å². The molecule has 4 N–H and O–H groups in total. The van der Waals surface area contributed by atoms with Crippen molar-refractivity contribution in [3.63, 3.8) is 0 Å². The largest absolute Gasteiger partial charge is 0.400 e. The van der Waals surface area contributed by atoms with Gasteiger partial charge in [0.2, 0.25) is 0 Å². The van der Waals surface area contributed by atoms with Gasteiger partial charge < -0.3 is 30.7 Å². The van der Waals surface area contributed by atoms with Gasteiger partial charge in [0, 0.05) is 69.1 Å². The SMILES string of the molecule is CO.COCCCc1cnc(-c2ccc(C=N)c(N)c2)c(N2CCC(C=O)CC2)n1. The molecule has 0 spiro atoms. The zero-order valence-electron chi connectivity index (χ0n) is 17.7. The van der Waals surface area contributed by atoms with Crippen molar-refractivity contribution in [1.82, 2.24) is 9.97 Å². The lowest BCUT2D eigenvalue weighted by Gasteiger charge is -2.32. The fourth-order valence-corrected chi connectivity index (χ4v) is 3.46. The number of ether oxygens (including phenoxy) is 1. The minimum absolute atomic E-state index is 0.125. The standard InChI is InChI=1S/C21H27N5O2.CH4O/c1-28-10-2-3-18-13-24-20(16-4-5-17(12-22)19(23)11-16)21(25-18)26-8-6-15(14-27)7-9-26;1-2/h4-5,11-15,22H,2-3,6-10,23H2,1H3;2H,1H3. The van der Waals surface area contributed by atoms with Crippen LogP contribution >= 0.6 is 0 Å². The summed E-state index contributed by atoms with van der Waals surface area (Å²) in [5.74, 6) is 0.960. The monoisotopic (exact) mass is 413 g/mol. The molecule has 3 rings (SSSR count). The van der Waals surface area contributed by atoms with E-state index in [0.29, 0.717) is 17.9 Å². The van der Waals surface area contributed by atoms with E-state index in [1.165, 1.54) is 6.21 Å². The van der Waals surface area contributed by atoms with Crippen molar-refractivity contribution in [2.24, 2.45) is 5.92 Å². The first kappa shape index (κ1) is 23.4. The molecule has 8 nitrogen and oxygen atoms in total. The summed E-state index contributed by atoms with van der Waals surface area (Å²) in [5.41, 5.74) is 9.90. The molecule has 0 amide bonds. The maximum Gasteiger partial charge on any atom is 0.155 e. The molecule has 8 heteroatoms. The molecule has 162 valence electrons. The van der Waals surface area contributed by atoms with Gasteiger partial charge in [-0.3, -0.25) is 4.98 Å². The fourth-order valence-electron chi connectivity index (χ4n) is 3.46. The third-order valence-corrected chi connectivity index (χ3v) is 5.13. The molecule has 1 aromatic carbocycles. The summed E-state index contributed by atoms with van der Waals surface area (Å²) in [6.07, 6.45) is 7.46. The minimum Gasteiger partial charge on any atom is -0.400 e. The highest BCUT2D eigenvalue weighted by molar-refractivity contribution is 5.87. The summed E-state index contributed by atoms with van der Waals surface area (Å²) in [5, 5.41) is 14.4. The number of hydrogen-bond donors (Lipinski definition) is 3. The summed E-state index contributed by atoms with van der Waals surface area (Å²) in [6, 6.07) is 5.60. The molecule has 2 heterocycles. The predicted molar refractivity (Wildman–Crippen MR) is 119 cm³/mol. The number of nitrogens with two attached hydrogens (primary N) is 1. The maximum atomic E-state index is 11.1. The first-order chi connectivity index (χ1) is 14.7. The van der Waals surface area contributed by atoms with Crippen LogP contribution in [-0.2, 0) is 16.0 Å². The van der Waals surface area contributed by atoms with E-state index in [1.807, 2.05) is 24.4 Å². The molecule has 0 atom stereocenters. The lowest BCUT2D eigenvalue weighted by molar-refractivity contribution is -0.111. The van der Waals surface area contributed by atoms with Crippen LogP contribution in [0.25, 0.3) is 11.3 Å². The van der Waals surface area contributed by atoms with Crippen LogP contribution < -0.4 is 10.6 Å². The van der Waals surface area contributed by atoms with Gasteiger partial charge in [-0.15, -0.1) is 0 Å². The predicted octanol–water partition coefficient (Wildman–Crippen LogP) is 2.33. The molecule has 0 aliphatic carbocycles. The van der Waals surface area contributed by atoms with E-state index in [2.05, 4.69) is 4.90 Å². The number of anilines is 2. The van der Waals surface area contributed by atoms with E-state index in [0.717, 1.165) is 74.9 Å². The Morgan fingerprint density at radius 3 is 2.67 bits per heavy atom. The third kappa shape index (κ3) is 5.84. The Balaban J connectivity index is 0.00000155. The Labute approximate surface area is 177 Å². The molecule has 1 fully saturated rings. The van der Waals surface area contributed by atoms with Crippen molar-refractivity contribution in [3.8, 4) is 11.3 Å². The van der Waals surface area contributed by atoms with Crippen LogP contribution in [0, 0.1) is 11.3 Å². The smallest absolute Gasteiger partial charge is 0.155 e. The van der Waals surface area contributed by atoms with Gasteiger partial charge in [0.15, 0.2) is 5.82 Å². The molecule has 0 bridgehead atoms. The number of nitrogens with zero attached hydrogens (tertiary/aromatic N) is 3. The summed E-state index contributed by atoms with van der Waals surface area (Å²) in [4.78, 5) is 22.9. The van der Waals surface area contributed by atoms with Gasteiger partial charge >= 0.3 is 0 Å². The van der Waals surface area contributed by atoms with E-state index >= 15 is 0 Å². The van der Waals surface area contributed by atoms with E-state index in [4.69, 9.17) is 31.0 Å². The number of aryl methyl sites for hydroxylation is 1. The average molecular weight is 414 g/mol. The van der Waals surface area contributed by atoms with Gasteiger partial charge in [-0.05, 0) is 31.7 Å². The second-order valence-corrected chi connectivity index (χ2v) is 7.08. The van der Waals surface area contributed by atoms with Crippen molar-refractivity contribution < 1.29 is 14.6 Å². The van der Waals surface area contributed by atoms with Crippen molar-refractivity contribution in [1.29, 1.82) is 5.41 Å². The zero-order chi connectivity index (χ0) is 21.9. The molecular formula is C22H31N5O3. The van der Waals surface area contributed by atoms with Crippen LogP contribution in [0.5, 0.6) is 0 Å². The summed E-state index contributed by atoms with van der Waals surface area (Å²) < 4.78 is 5.14. The Kier molecular flexibility index (Phi) is 9.37. The number of aromatic nitrogens is 2. The summed E-state index contributed by atoms with van der Waals surface area (Å²) >= 11 is 0. The maximum absolute atomic E-state index is 11.1. The average Bonchev–Trinajstić information content (AvgIpc) is 2.80. The van der Waals surface area contributed by atoms with Crippen LogP contribution in [0.2, 0.25) is 0 Å². The number of piperidine rings is 1. The Morgan fingerprint density at radius 2 is 2.07 bits per heavy atom.